The third-order valence-corrected chi connectivity index (χ3v) is 3.67. The summed E-state index contributed by atoms with van der Waals surface area (Å²) in [5, 5.41) is 3.28. The van der Waals surface area contributed by atoms with Crippen molar-refractivity contribution in [3.63, 3.8) is 0 Å². The molecule has 2 rings (SSSR count). The average molecular weight is 451 g/mol. The molecule has 1 aliphatic rings. The van der Waals surface area contributed by atoms with E-state index in [1.54, 1.807) is 12.1 Å². The van der Waals surface area contributed by atoms with Crippen LogP contribution in [0.4, 0.5) is 4.39 Å². The van der Waals surface area contributed by atoms with Crippen LogP contribution in [0.5, 0.6) is 5.75 Å². The second kappa shape index (κ2) is 11.5. The van der Waals surface area contributed by atoms with Gasteiger partial charge in [-0.15, -0.1) is 24.0 Å². The van der Waals surface area contributed by atoms with Gasteiger partial charge in [0.05, 0.1) is 13.2 Å². The third kappa shape index (κ3) is 7.21. The van der Waals surface area contributed by atoms with E-state index in [4.69, 9.17) is 9.47 Å². The van der Waals surface area contributed by atoms with E-state index in [-0.39, 0.29) is 29.8 Å². The number of hydrogen-bond donors (Lipinski definition) is 1. The number of rotatable bonds is 7. The fourth-order valence-electron chi connectivity index (χ4n) is 2.54. The lowest BCUT2D eigenvalue weighted by Crippen LogP contribution is -2.41. The fourth-order valence-corrected chi connectivity index (χ4v) is 2.54. The van der Waals surface area contributed by atoms with Gasteiger partial charge < -0.3 is 19.7 Å². The molecule has 24 heavy (non-hydrogen) atoms. The van der Waals surface area contributed by atoms with Crippen molar-refractivity contribution in [3.8, 4) is 5.75 Å². The van der Waals surface area contributed by atoms with Crippen molar-refractivity contribution >= 4 is 29.9 Å². The van der Waals surface area contributed by atoms with E-state index in [0.717, 1.165) is 38.7 Å². The van der Waals surface area contributed by atoms with Crippen LogP contribution in [0.3, 0.4) is 0 Å². The van der Waals surface area contributed by atoms with E-state index in [9.17, 15) is 4.39 Å². The molecule has 1 aliphatic heterocycles. The van der Waals surface area contributed by atoms with Crippen LogP contribution in [-0.4, -0.2) is 57.4 Å². The Morgan fingerprint density at radius 3 is 3.00 bits per heavy atom. The molecule has 1 heterocycles. The minimum atomic E-state index is -0.294. The monoisotopic (exact) mass is 451 g/mol. The highest BCUT2D eigenvalue weighted by atomic mass is 127. The minimum absolute atomic E-state index is 0. The third-order valence-electron chi connectivity index (χ3n) is 3.67. The SMILES string of the molecule is CCNC(=NCCOc1cccc(F)c1)N(C)CC1CCOC1.I. The lowest BCUT2D eigenvalue weighted by atomic mass is 10.1. The summed E-state index contributed by atoms with van der Waals surface area (Å²) in [4.78, 5) is 6.69. The summed E-state index contributed by atoms with van der Waals surface area (Å²) in [5.74, 6) is 1.66. The molecule has 1 fully saturated rings. The van der Waals surface area contributed by atoms with Crippen LogP contribution in [0.25, 0.3) is 0 Å². The lowest BCUT2D eigenvalue weighted by molar-refractivity contribution is 0.181. The van der Waals surface area contributed by atoms with Crippen LogP contribution >= 0.6 is 24.0 Å². The molecule has 0 aliphatic carbocycles. The molecule has 5 nitrogen and oxygen atoms in total. The van der Waals surface area contributed by atoms with E-state index in [2.05, 4.69) is 15.2 Å². The average Bonchev–Trinajstić information content (AvgIpc) is 3.03. The van der Waals surface area contributed by atoms with Crippen molar-refractivity contribution in [2.75, 3.05) is 46.5 Å². The van der Waals surface area contributed by atoms with Crippen molar-refractivity contribution in [2.45, 2.75) is 13.3 Å². The molecule has 7 heteroatoms. The molecule has 0 radical (unpaired) electrons. The first kappa shape index (κ1) is 21.0. The van der Waals surface area contributed by atoms with Gasteiger partial charge in [0.1, 0.15) is 18.2 Å². The van der Waals surface area contributed by atoms with Crippen molar-refractivity contribution in [2.24, 2.45) is 10.9 Å². The molecule has 1 aromatic rings. The molecular weight excluding hydrogens is 424 g/mol. The smallest absolute Gasteiger partial charge is 0.193 e. The fraction of sp³-hybridized carbons (Fsp3) is 0.588. The number of guanidine groups is 1. The van der Waals surface area contributed by atoms with Crippen LogP contribution in [-0.2, 0) is 4.74 Å². The second-order valence-electron chi connectivity index (χ2n) is 5.65. The number of nitrogens with one attached hydrogen (secondary N) is 1. The van der Waals surface area contributed by atoms with E-state index < -0.39 is 0 Å². The van der Waals surface area contributed by atoms with Crippen LogP contribution in [0.1, 0.15) is 13.3 Å². The molecule has 0 aromatic heterocycles. The van der Waals surface area contributed by atoms with Gasteiger partial charge in [-0.1, -0.05) is 6.07 Å². The first-order valence-electron chi connectivity index (χ1n) is 8.14. The van der Waals surface area contributed by atoms with E-state index in [1.165, 1.54) is 12.1 Å². The molecule has 1 atom stereocenters. The molecule has 136 valence electrons. The van der Waals surface area contributed by atoms with Gasteiger partial charge >= 0.3 is 0 Å². The summed E-state index contributed by atoms with van der Waals surface area (Å²) in [6.07, 6.45) is 1.10. The summed E-state index contributed by atoms with van der Waals surface area (Å²) in [5.41, 5.74) is 0. The Kier molecular flexibility index (Phi) is 10.0. The zero-order valence-electron chi connectivity index (χ0n) is 14.3. The van der Waals surface area contributed by atoms with Crippen molar-refractivity contribution in [1.29, 1.82) is 0 Å². The van der Waals surface area contributed by atoms with Crippen molar-refractivity contribution < 1.29 is 13.9 Å². The Hall–Kier alpha value is -1.09. The number of benzene rings is 1. The van der Waals surface area contributed by atoms with E-state index in [1.807, 2.05) is 14.0 Å². The number of halogens is 2. The van der Waals surface area contributed by atoms with Crippen LogP contribution in [0.15, 0.2) is 29.3 Å². The maximum absolute atomic E-state index is 13.1. The van der Waals surface area contributed by atoms with Gasteiger partial charge in [-0.3, -0.25) is 0 Å². The number of nitrogens with zero attached hydrogens (tertiary/aromatic N) is 2. The normalized spacial score (nSPS) is 17.3. The first-order valence-corrected chi connectivity index (χ1v) is 8.14. The number of ether oxygens (including phenoxy) is 2. The summed E-state index contributed by atoms with van der Waals surface area (Å²) in [6, 6.07) is 6.15. The standard InChI is InChI=1S/C17H26FN3O2.HI/c1-3-19-17(21(2)12-14-7-9-22-13-14)20-8-10-23-16-6-4-5-15(18)11-16;/h4-6,11,14H,3,7-10,12-13H2,1-2H3,(H,19,20);1H. The largest absolute Gasteiger partial charge is 0.492 e. The predicted octanol–water partition coefficient (Wildman–Crippen LogP) is 2.76. The van der Waals surface area contributed by atoms with Gasteiger partial charge in [-0.2, -0.15) is 0 Å². The van der Waals surface area contributed by atoms with Crippen LogP contribution in [0, 0.1) is 11.7 Å². The van der Waals surface area contributed by atoms with Crippen molar-refractivity contribution in [1.82, 2.24) is 10.2 Å². The highest BCUT2D eigenvalue weighted by molar-refractivity contribution is 14.0. The van der Waals surface area contributed by atoms with Gasteiger partial charge in [0.25, 0.3) is 0 Å². The van der Waals surface area contributed by atoms with E-state index in [0.29, 0.717) is 24.8 Å². The zero-order valence-corrected chi connectivity index (χ0v) is 16.7. The van der Waals surface area contributed by atoms with Gasteiger partial charge in [0.15, 0.2) is 5.96 Å². The van der Waals surface area contributed by atoms with Gasteiger partial charge in [-0.05, 0) is 25.5 Å². The topological polar surface area (TPSA) is 46.1 Å². The first-order chi connectivity index (χ1) is 11.2. The molecule has 0 saturated carbocycles. The molecule has 0 bridgehead atoms. The molecule has 0 amide bonds. The Bertz CT molecular complexity index is 510. The highest BCUT2D eigenvalue weighted by Gasteiger charge is 2.18. The van der Waals surface area contributed by atoms with E-state index >= 15 is 0 Å². The predicted molar refractivity (Wildman–Crippen MR) is 105 cm³/mol. The summed E-state index contributed by atoms with van der Waals surface area (Å²) in [6.45, 7) is 6.40. The van der Waals surface area contributed by atoms with Gasteiger partial charge in [-0.25, -0.2) is 9.38 Å². The molecule has 1 unspecified atom stereocenters. The highest BCUT2D eigenvalue weighted by Crippen LogP contribution is 2.13. The Labute approximate surface area is 160 Å². The molecule has 1 N–H and O–H groups in total. The molecule has 1 aromatic carbocycles. The maximum Gasteiger partial charge on any atom is 0.193 e. The summed E-state index contributed by atoms with van der Waals surface area (Å²) in [7, 11) is 2.03. The van der Waals surface area contributed by atoms with Crippen molar-refractivity contribution in [3.05, 3.63) is 30.1 Å². The van der Waals surface area contributed by atoms with Crippen LogP contribution < -0.4 is 10.1 Å². The van der Waals surface area contributed by atoms with Gasteiger partial charge in [0, 0.05) is 38.7 Å². The Balaban J connectivity index is 0.00000288. The Morgan fingerprint density at radius 1 is 1.50 bits per heavy atom. The molecular formula is C17H27FIN3O2. The number of aliphatic imine (C=N–C) groups is 1. The quantitative estimate of drug-likeness (QED) is 0.300. The second-order valence-corrected chi connectivity index (χ2v) is 5.65. The Morgan fingerprint density at radius 2 is 2.33 bits per heavy atom. The minimum Gasteiger partial charge on any atom is -0.492 e. The number of hydrogen-bond acceptors (Lipinski definition) is 3. The summed E-state index contributed by atoms with van der Waals surface area (Å²) < 4.78 is 24.0. The zero-order chi connectivity index (χ0) is 16.5. The molecule has 0 spiro atoms. The lowest BCUT2D eigenvalue weighted by Gasteiger charge is -2.24. The molecule has 1 saturated heterocycles. The van der Waals surface area contributed by atoms with Gasteiger partial charge in [0.2, 0.25) is 0 Å². The summed E-state index contributed by atoms with van der Waals surface area (Å²) >= 11 is 0. The van der Waals surface area contributed by atoms with Crippen LogP contribution in [0.2, 0.25) is 0 Å². The maximum atomic E-state index is 13.1.